The third kappa shape index (κ3) is 1.28. The van der Waals surface area contributed by atoms with Gasteiger partial charge in [-0.2, -0.15) is 0 Å². The summed E-state index contributed by atoms with van der Waals surface area (Å²) in [5.41, 5.74) is 0.992. The van der Waals surface area contributed by atoms with Crippen LogP contribution in [0, 0.1) is 0 Å². The average Bonchev–Trinajstić information content (AvgIpc) is 2.56. The molecule has 1 aromatic rings. The van der Waals surface area contributed by atoms with E-state index in [-0.39, 0.29) is 12.1 Å². The number of rotatable bonds is 1. The zero-order valence-electron chi connectivity index (χ0n) is 6.45. The van der Waals surface area contributed by atoms with E-state index >= 15 is 0 Å². The number of amides is 1. The first-order chi connectivity index (χ1) is 5.86. The number of carbonyl (C=O) groups is 1. The molecule has 0 bridgehead atoms. The minimum Gasteiger partial charge on any atom is -0.472 e. The second kappa shape index (κ2) is 2.89. The molecule has 0 radical (unpaired) electrons. The molecular weight excluding hydrogens is 158 g/mol. The fraction of sp³-hybridized carbons (Fsp3) is 0.375. The van der Waals surface area contributed by atoms with Crippen LogP contribution in [0.2, 0.25) is 0 Å². The number of furan rings is 1. The van der Waals surface area contributed by atoms with Gasteiger partial charge in [-0.25, -0.2) is 4.79 Å². The number of ether oxygens (including phenoxy) is 1. The van der Waals surface area contributed by atoms with Crippen molar-refractivity contribution in [3.05, 3.63) is 24.2 Å². The highest BCUT2D eigenvalue weighted by atomic mass is 16.5. The van der Waals surface area contributed by atoms with Gasteiger partial charge in [-0.05, 0) is 6.07 Å². The summed E-state index contributed by atoms with van der Waals surface area (Å²) in [5.74, 6) is 0. The maximum absolute atomic E-state index is 10.8. The highest BCUT2D eigenvalue weighted by molar-refractivity contribution is 5.68. The molecule has 0 aliphatic carbocycles. The van der Waals surface area contributed by atoms with E-state index in [9.17, 15) is 4.79 Å². The van der Waals surface area contributed by atoms with E-state index in [0.717, 1.165) is 12.0 Å². The van der Waals surface area contributed by atoms with Gasteiger partial charge in [-0.1, -0.05) is 0 Å². The molecule has 1 atom stereocenters. The Kier molecular flexibility index (Phi) is 1.74. The van der Waals surface area contributed by atoms with Crippen LogP contribution in [0.15, 0.2) is 23.0 Å². The predicted molar refractivity (Wildman–Crippen MR) is 40.5 cm³/mol. The lowest BCUT2D eigenvalue weighted by Crippen LogP contribution is -2.35. The summed E-state index contributed by atoms with van der Waals surface area (Å²) in [7, 11) is 0. The lowest BCUT2D eigenvalue weighted by atomic mass is 10.1. The van der Waals surface area contributed by atoms with E-state index in [0.29, 0.717) is 6.61 Å². The minimum atomic E-state index is -0.354. The number of nitrogens with one attached hydrogen (secondary N) is 1. The van der Waals surface area contributed by atoms with E-state index in [1.54, 1.807) is 12.5 Å². The molecular formula is C8H9NO3. The zero-order valence-corrected chi connectivity index (χ0v) is 6.45. The van der Waals surface area contributed by atoms with Crippen molar-refractivity contribution < 1.29 is 13.9 Å². The molecule has 64 valence electrons. The zero-order chi connectivity index (χ0) is 8.39. The van der Waals surface area contributed by atoms with E-state index < -0.39 is 0 Å². The smallest absolute Gasteiger partial charge is 0.407 e. The Labute approximate surface area is 69.5 Å². The molecule has 0 spiro atoms. The summed E-state index contributed by atoms with van der Waals surface area (Å²) in [6.07, 6.45) is 3.67. The molecule has 2 rings (SSSR count). The minimum absolute atomic E-state index is 0.0463. The quantitative estimate of drug-likeness (QED) is 0.688. The second-order valence-electron chi connectivity index (χ2n) is 2.68. The average molecular weight is 167 g/mol. The summed E-state index contributed by atoms with van der Waals surface area (Å²) >= 11 is 0. The maximum Gasteiger partial charge on any atom is 0.407 e. The second-order valence-corrected chi connectivity index (χ2v) is 2.68. The van der Waals surface area contributed by atoms with Crippen LogP contribution in [0.4, 0.5) is 4.79 Å². The van der Waals surface area contributed by atoms with Crippen molar-refractivity contribution in [3.63, 3.8) is 0 Å². The Balaban J connectivity index is 2.09. The van der Waals surface area contributed by atoms with Crippen LogP contribution < -0.4 is 5.32 Å². The molecule has 1 fully saturated rings. The van der Waals surface area contributed by atoms with Crippen molar-refractivity contribution in [2.75, 3.05) is 6.61 Å². The van der Waals surface area contributed by atoms with Gasteiger partial charge in [0.05, 0.1) is 25.2 Å². The van der Waals surface area contributed by atoms with Gasteiger partial charge in [0.2, 0.25) is 0 Å². The molecule has 12 heavy (non-hydrogen) atoms. The Morgan fingerprint density at radius 2 is 2.50 bits per heavy atom. The Bertz CT molecular complexity index is 268. The largest absolute Gasteiger partial charge is 0.472 e. The highest BCUT2D eigenvalue weighted by Crippen LogP contribution is 2.19. The van der Waals surface area contributed by atoms with Gasteiger partial charge >= 0.3 is 6.09 Å². The topological polar surface area (TPSA) is 51.5 Å². The van der Waals surface area contributed by atoms with Gasteiger partial charge in [-0.3, -0.25) is 0 Å². The van der Waals surface area contributed by atoms with E-state index in [2.05, 4.69) is 5.32 Å². The van der Waals surface area contributed by atoms with Crippen molar-refractivity contribution in [3.8, 4) is 0 Å². The van der Waals surface area contributed by atoms with Crippen molar-refractivity contribution in [2.24, 2.45) is 0 Å². The summed E-state index contributed by atoms with van der Waals surface area (Å²) < 4.78 is 9.64. The molecule has 0 saturated carbocycles. The summed E-state index contributed by atoms with van der Waals surface area (Å²) in [6, 6.07) is 1.89. The van der Waals surface area contributed by atoms with Crippen molar-refractivity contribution >= 4 is 6.09 Å². The fourth-order valence-corrected chi connectivity index (χ4v) is 1.25. The van der Waals surface area contributed by atoms with Crippen molar-refractivity contribution in [2.45, 2.75) is 12.5 Å². The Morgan fingerprint density at radius 3 is 3.17 bits per heavy atom. The molecule has 1 amide bonds. The first-order valence-electron chi connectivity index (χ1n) is 3.81. The van der Waals surface area contributed by atoms with Crippen LogP contribution in [-0.2, 0) is 4.74 Å². The number of alkyl carbamates (subject to hydrolysis) is 1. The summed E-state index contributed by atoms with van der Waals surface area (Å²) in [4.78, 5) is 10.8. The summed E-state index contributed by atoms with van der Waals surface area (Å²) in [6.45, 7) is 0.474. The van der Waals surface area contributed by atoms with Gasteiger partial charge in [-0.15, -0.1) is 0 Å². The van der Waals surface area contributed by atoms with Gasteiger partial charge in [0.1, 0.15) is 0 Å². The molecule has 0 aromatic carbocycles. The molecule has 1 aromatic heterocycles. The third-order valence-electron chi connectivity index (χ3n) is 1.88. The van der Waals surface area contributed by atoms with Crippen LogP contribution in [0.25, 0.3) is 0 Å². The van der Waals surface area contributed by atoms with Gasteiger partial charge in [0.15, 0.2) is 0 Å². The molecule has 1 aliphatic heterocycles. The van der Waals surface area contributed by atoms with E-state index in [1.807, 2.05) is 6.07 Å². The van der Waals surface area contributed by atoms with Crippen LogP contribution in [0.3, 0.4) is 0 Å². The molecule has 2 heterocycles. The summed E-state index contributed by atoms with van der Waals surface area (Å²) in [5, 5.41) is 2.70. The predicted octanol–water partition coefficient (Wildman–Crippen LogP) is 1.45. The molecule has 4 nitrogen and oxygen atoms in total. The van der Waals surface area contributed by atoms with Crippen molar-refractivity contribution in [1.29, 1.82) is 0 Å². The highest BCUT2D eigenvalue weighted by Gasteiger charge is 2.20. The third-order valence-corrected chi connectivity index (χ3v) is 1.88. The van der Waals surface area contributed by atoms with Gasteiger partial charge in [0.25, 0.3) is 0 Å². The van der Waals surface area contributed by atoms with Gasteiger partial charge in [0, 0.05) is 12.0 Å². The number of hydrogen-bond acceptors (Lipinski definition) is 3. The van der Waals surface area contributed by atoms with Gasteiger partial charge < -0.3 is 14.5 Å². The number of carbonyl (C=O) groups excluding carboxylic acids is 1. The lowest BCUT2D eigenvalue weighted by Gasteiger charge is -2.21. The van der Waals surface area contributed by atoms with Crippen LogP contribution in [0.1, 0.15) is 18.0 Å². The monoisotopic (exact) mass is 167 g/mol. The molecule has 1 N–H and O–H groups in total. The molecule has 0 unspecified atom stereocenters. The number of cyclic esters (lactones) is 1. The first kappa shape index (κ1) is 7.21. The molecule has 4 heteroatoms. The Morgan fingerprint density at radius 1 is 1.58 bits per heavy atom. The normalized spacial score (nSPS) is 23.0. The first-order valence-corrected chi connectivity index (χ1v) is 3.81. The van der Waals surface area contributed by atoms with Crippen LogP contribution >= 0.6 is 0 Å². The van der Waals surface area contributed by atoms with E-state index in [1.165, 1.54) is 0 Å². The van der Waals surface area contributed by atoms with Crippen LogP contribution in [0.5, 0.6) is 0 Å². The van der Waals surface area contributed by atoms with Crippen LogP contribution in [-0.4, -0.2) is 12.7 Å². The van der Waals surface area contributed by atoms with Crippen molar-refractivity contribution in [1.82, 2.24) is 5.32 Å². The molecule has 1 saturated heterocycles. The fourth-order valence-electron chi connectivity index (χ4n) is 1.25. The molecule has 1 aliphatic rings. The van der Waals surface area contributed by atoms with E-state index in [4.69, 9.17) is 9.15 Å². The number of hydrogen-bond donors (Lipinski definition) is 1. The lowest BCUT2D eigenvalue weighted by molar-refractivity contribution is 0.115. The SMILES string of the molecule is O=C1N[C@@H](c2ccoc2)CCO1. The maximum atomic E-state index is 10.8. The standard InChI is InChI=1S/C8H9NO3/c10-8-9-7(2-4-12-8)6-1-3-11-5-6/h1,3,5,7H,2,4H2,(H,9,10)/t7-/m1/s1. The Hall–Kier alpha value is -1.45.